The van der Waals surface area contributed by atoms with Gasteiger partial charge >= 0.3 is 0 Å². The van der Waals surface area contributed by atoms with Crippen molar-refractivity contribution >= 4 is 11.8 Å². The van der Waals surface area contributed by atoms with E-state index in [1.807, 2.05) is 19.9 Å². The van der Waals surface area contributed by atoms with E-state index in [1.54, 1.807) is 0 Å². The second-order valence-electron chi connectivity index (χ2n) is 4.62. The summed E-state index contributed by atoms with van der Waals surface area (Å²) in [6.07, 6.45) is 1.19. The Labute approximate surface area is 104 Å². The van der Waals surface area contributed by atoms with E-state index in [1.165, 1.54) is 6.42 Å². The van der Waals surface area contributed by atoms with Gasteiger partial charge in [-0.15, -0.1) is 0 Å². The molecule has 1 atom stereocenters. The molecule has 0 aliphatic heterocycles. The number of nitrogens with one attached hydrogen (secondary N) is 1. The number of aryl methyl sites for hydroxylation is 1. The van der Waals surface area contributed by atoms with Crippen molar-refractivity contribution in [2.75, 3.05) is 30.4 Å². The van der Waals surface area contributed by atoms with Gasteiger partial charge in [0.1, 0.15) is 5.82 Å². The quantitative estimate of drug-likeness (QED) is 0.824. The van der Waals surface area contributed by atoms with Gasteiger partial charge in [0.2, 0.25) is 5.95 Å². The first kappa shape index (κ1) is 13.7. The van der Waals surface area contributed by atoms with E-state index in [0.29, 0.717) is 5.92 Å². The average Bonchev–Trinajstić information content (AvgIpc) is 2.28. The van der Waals surface area contributed by atoms with Crippen LogP contribution < -0.4 is 10.2 Å². The summed E-state index contributed by atoms with van der Waals surface area (Å²) in [7, 11) is 2.09. The Morgan fingerprint density at radius 1 is 1.35 bits per heavy atom. The van der Waals surface area contributed by atoms with Crippen LogP contribution in [0.4, 0.5) is 11.8 Å². The Morgan fingerprint density at radius 2 is 2.06 bits per heavy atom. The van der Waals surface area contributed by atoms with Crippen LogP contribution in [0.1, 0.15) is 32.9 Å². The number of hydrogen-bond donors (Lipinski definition) is 1. The van der Waals surface area contributed by atoms with Crippen LogP contribution in [-0.4, -0.2) is 30.1 Å². The molecular formula is C13H24N4. The van der Waals surface area contributed by atoms with E-state index in [2.05, 4.69) is 41.1 Å². The van der Waals surface area contributed by atoms with Crippen molar-refractivity contribution in [1.29, 1.82) is 0 Å². The summed E-state index contributed by atoms with van der Waals surface area (Å²) in [4.78, 5) is 11.1. The predicted molar refractivity (Wildman–Crippen MR) is 73.7 cm³/mol. The molecular weight excluding hydrogens is 212 g/mol. The Bertz CT molecular complexity index is 351. The highest BCUT2D eigenvalue weighted by Crippen LogP contribution is 2.15. The number of aromatic nitrogens is 2. The molecule has 4 heteroatoms. The third kappa shape index (κ3) is 4.21. The fraction of sp³-hybridized carbons (Fsp3) is 0.692. The summed E-state index contributed by atoms with van der Waals surface area (Å²) in [6.45, 7) is 10.4. The van der Waals surface area contributed by atoms with Gasteiger partial charge in [-0.05, 0) is 19.8 Å². The van der Waals surface area contributed by atoms with Gasteiger partial charge in [0.25, 0.3) is 0 Å². The highest BCUT2D eigenvalue weighted by atomic mass is 15.2. The van der Waals surface area contributed by atoms with E-state index in [0.717, 1.165) is 30.5 Å². The number of nitrogens with zero attached hydrogens (tertiary/aromatic N) is 3. The third-order valence-corrected chi connectivity index (χ3v) is 2.85. The average molecular weight is 236 g/mol. The molecule has 1 aromatic rings. The molecule has 1 heterocycles. The Kier molecular flexibility index (Phi) is 5.19. The molecule has 0 aromatic carbocycles. The van der Waals surface area contributed by atoms with Crippen LogP contribution in [0.25, 0.3) is 0 Å². The van der Waals surface area contributed by atoms with E-state index in [9.17, 15) is 0 Å². The molecule has 1 N–H and O–H groups in total. The maximum atomic E-state index is 4.51. The van der Waals surface area contributed by atoms with E-state index >= 15 is 0 Å². The topological polar surface area (TPSA) is 41.1 Å². The molecule has 0 radical (unpaired) electrons. The van der Waals surface area contributed by atoms with Gasteiger partial charge in [-0.1, -0.05) is 20.3 Å². The van der Waals surface area contributed by atoms with Crippen LogP contribution in [0.3, 0.4) is 0 Å². The minimum Gasteiger partial charge on any atom is -0.359 e. The lowest BCUT2D eigenvalue weighted by Crippen LogP contribution is -2.25. The minimum atomic E-state index is 0.679. The Hall–Kier alpha value is -1.32. The largest absolute Gasteiger partial charge is 0.359 e. The van der Waals surface area contributed by atoms with Crippen LogP contribution in [0.5, 0.6) is 0 Å². The third-order valence-electron chi connectivity index (χ3n) is 2.85. The minimum absolute atomic E-state index is 0.679. The van der Waals surface area contributed by atoms with Gasteiger partial charge < -0.3 is 10.2 Å². The molecule has 0 bridgehead atoms. The molecule has 0 aliphatic rings. The number of anilines is 2. The van der Waals surface area contributed by atoms with Crippen molar-refractivity contribution in [3.63, 3.8) is 0 Å². The van der Waals surface area contributed by atoms with Crippen LogP contribution in [0.2, 0.25) is 0 Å². The second-order valence-corrected chi connectivity index (χ2v) is 4.62. The lowest BCUT2D eigenvalue weighted by molar-refractivity contribution is 0.557. The van der Waals surface area contributed by atoms with Gasteiger partial charge in [-0.3, -0.25) is 0 Å². The lowest BCUT2D eigenvalue weighted by Gasteiger charge is -2.22. The van der Waals surface area contributed by atoms with Gasteiger partial charge in [0.05, 0.1) is 0 Å². The molecule has 0 saturated heterocycles. The van der Waals surface area contributed by atoms with Crippen LogP contribution >= 0.6 is 0 Å². The Balaban J connectivity index is 2.81. The fourth-order valence-electron chi connectivity index (χ4n) is 1.67. The highest BCUT2D eigenvalue weighted by molar-refractivity contribution is 5.44. The number of rotatable bonds is 6. The number of hydrogen-bond acceptors (Lipinski definition) is 4. The van der Waals surface area contributed by atoms with Crippen molar-refractivity contribution in [3.8, 4) is 0 Å². The molecule has 0 aliphatic carbocycles. The standard InChI is InChI=1S/C13H24N4/c1-6-10(3)9-17(5)12-8-11(4)15-13(16-12)14-7-2/h8,10H,6-7,9H2,1-5H3,(H,14,15,16). The van der Waals surface area contributed by atoms with E-state index in [-0.39, 0.29) is 0 Å². The zero-order chi connectivity index (χ0) is 12.8. The molecule has 4 nitrogen and oxygen atoms in total. The maximum absolute atomic E-state index is 4.51. The molecule has 96 valence electrons. The van der Waals surface area contributed by atoms with Crippen molar-refractivity contribution in [1.82, 2.24) is 9.97 Å². The Morgan fingerprint density at radius 3 is 2.65 bits per heavy atom. The SMILES string of the molecule is CCNc1nc(C)cc(N(C)CC(C)CC)n1. The van der Waals surface area contributed by atoms with Gasteiger partial charge in [0.15, 0.2) is 0 Å². The van der Waals surface area contributed by atoms with Crippen molar-refractivity contribution in [2.45, 2.75) is 34.1 Å². The van der Waals surface area contributed by atoms with Gasteiger partial charge in [-0.2, -0.15) is 4.98 Å². The van der Waals surface area contributed by atoms with E-state index < -0.39 is 0 Å². The lowest BCUT2D eigenvalue weighted by atomic mass is 10.1. The van der Waals surface area contributed by atoms with Crippen molar-refractivity contribution in [3.05, 3.63) is 11.8 Å². The van der Waals surface area contributed by atoms with Crippen molar-refractivity contribution < 1.29 is 0 Å². The highest BCUT2D eigenvalue weighted by Gasteiger charge is 2.09. The monoisotopic (exact) mass is 236 g/mol. The summed E-state index contributed by atoms with van der Waals surface area (Å²) < 4.78 is 0. The molecule has 1 rings (SSSR count). The second kappa shape index (κ2) is 6.42. The first-order valence-electron chi connectivity index (χ1n) is 6.37. The normalized spacial score (nSPS) is 12.3. The molecule has 0 spiro atoms. The zero-order valence-electron chi connectivity index (χ0n) is 11.6. The van der Waals surface area contributed by atoms with Crippen LogP contribution in [-0.2, 0) is 0 Å². The smallest absolute Gasteiger partial charge is 0.224 e. The predicted octanol–water partition coefficient (Wildman–Crippen LogP) is 2.70. The maximum Gasteiger partial charge on any atom is 0.224 e. The molecule has 17 heavy (non-hydrogen) atoms. The van der Waals surface area contributed by atoms with Crippen molar-refractivity contribution in [2.24, 2.45) is 5.92 Å². The zero-order valence-corrected chi connectivity index (χ0v) is 11.6. The summed E-state index contributed by atoms with van der Waals surface area (Å²) >= 11 is 0. The fourth-order valence-corrected chi connectivity index (χ4v) is 1.67. The van der Waals surface area contributed by atoms with Gasteiger partial charge in [-0.25, -0.2) is 4.98 Å². The summed E-state index contributed by atoms with van der Waals surface area (Å²) in [5.74, 6) is 2.39. The first-order valence-corrected chi connectivity index (χ1v) is 6.37. The molecule has 0 amide bonds. The van der Waals surface area contributed by atoms with Gasteiger partial charge in [0, 0.05) is 31.9 Å². The molecule has 1 unspecified atom stereocenters. The van der Waals surface area contributed by atoms with Crippen LogP contribution in [0, 0.1) is 12.8 Å². The summed E-state index contributed by atoms with van der Waals surface area (Å²) in [6, 6.07) is 2.03. The molecule has 0 fully saturated rings. The first-order chi connectivity index (χ1) is 8.06. The van der Waals surface area contributed by atoms with Crippen LogP contribution in [0.15, 0.2) is 6.07 Å². The summed E-state index contributed by atoms with van der Waals surface area (Å²) in [5.41, 5.74) is 1.00. The molecule has 1 aromatic heterocycles. The molecule has 0 saturated carbocycles. The summed E-state index contributed by atoms with van der Waals surface area (Å²) in [5, 5.41) is 3.16. The van der Waals surface area contributed by atoms with E-state index in [4.69, 9.17) is 0 Å².